The molecule has 0 spiro atoms. The molecule has 0 unspecified atom stereocenters. The van der Waals surface area contributed by atoms with E-state index in [2.05, 4.69) is 6.92 Å². The second kappa shape index (κ2) is 5.81. The molecule has 0 saturated carbocycles. The van der Waals surface area contributed by atoms with Gasteiger partial charge in [-0.2, -0.15) is 0 Å². The largest absolute Gasteiger partial charge is 0.498 e. The summed E-state index contributed by atoms with van der Waals surface area (Å²) in [5.74, 6) is 1.06. The van der Waals surface area contributed by atoms with Crippen molar-refractivity contribution in [3.05, 3.63) is 23.5 Å². The first-order valence-electron chi connectivity index (χ1n) is 4.99. The fourth-order valence-corrected chi connectivity index (χ4v) is 1.26. The molecule has 1 aliphatic rings. The highest BCUT2D eigenvalue weighted by molar-refractivity contribution is 5.21. The SMILES string of the molecule is CCCCOC1=CC=C(CO)CC1. The summed E-state index contributed by atoms with van der Waals surface area (Å²) in [5, 5.41) is 8.85. The summed E-state index contributed by atoms with van der Waals surface area (Å²) in [5.41, 5.74) is 1.10. The van der Waals surface area contributed by atoms with Gasteiger partial charge in [0, 0.05) is 6.42 Å². The van der Waals surface area contributed by atoms with Gasteiger partial charge in [-0.15, -0.1) is 0 Å². The number of aliphatic hydroxyl groups is 1. The van der Waals surface area contributed by atoms with Crippen molar-refractivity contribution in [2.24, 2.45) is 0 Å². The molecular formula is C11H18O2. The predicted molar refractivity (Wildman–Crippen MR) is 53.3 cm³/mol. The highest BCUT2D eigenvalue weighted by Gasteiger charge is 2.05. The average molecular weight is 182 g/mol. The quantitative estimate of drug-likeness (QED) is 0.661. The van der Waals surface area contributed by atoms with Gasteiger partial charge in [-0.1, -0.05) is 19.4 Å². The second-order valence-electron chi connectivity index (χ2n) is 3.32. The number of hydrogen-bond acceptors (Lipinski definition) is 2. The van der Waals surface area contributed by atoms with Crippen LogP contribution >= 0.6 is 0 Å². The number of rotatable bonds is 5. The van der Waals surface area contributed by atoms with Crippen LogP contribution in [-0.2, 0) is 4.74 Å². The van der Waals surface area contributed by atoms with Gasteiger partial charge in [0.2, 0.25) is 0 Å². The zero-order valence-electron chi connectivity index (χ0n) is 8.25. The lowest BCUT2D eigenvalue weighted by molar-refractivity contribution is 0.195. The van der Waals surface area contributed by atoms with E-state index in [0.29, 0.717) is 0 Å². The molecule has 2 heteroatoms. The summed E-state index contributed by atoms with van der Waals surface area (Å²) in [6.45, 7) is 3.16. The van der Waals surface area contributed by atoms with Crippen molar-refractivity contribution in [2.45, 2.75) is 32.6 Å². The minimum atomic E-state index is 0.179. The maximum absolute atomic E-state index is 8.85. The normalized spacial score (nSPS) is 16.5. The lowest BCUT2D eigenvalue weighted by Crippen LogP contribution is -2.01. The van der Waals surface area contributed by atoms with E-state index >= 15 is 0 Å². The van der Waals surface area contributed by atoms with Gasteiger partial charge in [-0.3, -0.25) is 0 Å². The Balaban J connectivity index is 2.28. The molecule has 0 radical (unpaired) electrons. The first kappa shape index (κ1) is 10.3. The third kappa shape index (κ3) is 3.64. The Kier molecular flexibility index (Phi) is 4.61. The van der Waals surface area contributed by atoms with Crippen molar-refractivity contribution in [1.82, 2.24) is 0 Å². The first-order valence-corrected chi connectivity index (χ1v) is 4.99. The van der Waals surface area contributed by atoms with Crippen LogP contribution in [0.15, 0.2) is 23.5 Å². The maximum Gasteiger partial charge on any atom is 0.0962 e. The van der Waals surface area contributed by atoms with Crippen molar-refractivity contribution in [1.29, 1.82) is 0 Å². The molecule has 2 nitrogen and oxygen atoms in total. The number of allylic oxidation sites excluding steroid dienone is 3. The van der Waals surface area contributed by atoms with Crippen molar-refractivity contribution in [2.75, 3.05) is 13.2 Å². The van der Waals surface area contributed by atoms with E-state index in [0.717, 1.165) is 37.2 Å². The van der Waals surface area contributed by atoms with Crippen LogP contribution in [0.1, 0.15) is 32.6 Å². The number of aliphatic hydroxyl groups excluding tert-OH is 1. The van der Waals surface area contributed by atoms with Crippen LogP contribution in [0.3, 0.4) is 0 Å². The second-order valence-corrected chi connectivity index (χ2v) is 3.32. The number of unbranched alkanes of at least 4 members (excludes halogenated alkanes) is 1. The summed E-state index contributed by atoms with van der Waals surface area (Å²) in [6.07, 6.45) is 8.11. The molecule has 0 saturated heterocycles. The molecule has 74 valence electrons. The molecule has 0 aromatic heterocycles. The van der Waals surface area contributed by atoms with E-state index < -0.39 is 0 Å². The predicted octanol–water partition coefficient (Wildman–Crippen LogP) is 2.40. The van der Waals surface area contributed by atoms with Crippen molar-refractivity contribution >= 4 is 0 Å². The molecule has 1 N–H and O–H groups in total. The summed E-state index contributed by atoms with van der Waals surface area (Å²) in [6, 6.07) is 0. The molecule has 1 rings (SSSR count). The Morgan fingerprint density at radius 1 is 1.38 bits per heavy atom. The zero-order chi connectivity index (χ0) is 9.52. The Morgan fingerprint density at radius 2 is 2.23 bits per heavy atom. The summed E-state index contributed by atoms with van der Waals surface area (Å²) < 4.78 is 5.55. The maximum atomic E-state index is 8.85. The molecule has 0 aliphatic heterocycles. The van der Waals surface area contributed by atoms with Crippen molar-refractivity contribution in [3.63, 3.8) is 0 Å². The highest BCUT2D eigenvalue weighted by Crippen LogP contribution is 2.18. The van der Waals surface area contributed by atoms with Crippen LogP contribution in [0.5, 0.6) is 0 Å². The van der Waals surface area contributed by atoms with Gasteiger partial charge in [-0.25, -0.2) is 0 Å². The van der Waals surface area contributed by atoms with Crippen molar-refractivity contribution in [3.8, 4) is 0 Å². The number of hydrogen-bond donors (Lipinski definition) is 1. The third-order valence-electron chi connectivity index (χ3n) is 2.19. The monoisotopic (exact) mass is 182 g/mol. The lowest BCUT2D eigenvalue weighted by Gasteiger charge is -2.14. The van der Waals surface area contributed by atoms with Crippen LogP contribution in [0.2, 0.25) is 0 Å². The minimum absolute atomic E-state index is 0.179. The number of ether oxygens (including phenoxy) is 1. The van der Waals surface area contributed by atoms with Gasteiger partial charge >= 0.3 is 0 Å². The third-order valence-corrected chi connectivity index (χ3v) is 2.19. The molecule has 0 amide bonds. The first-order chi connectivity index (χ1) is 6.36. The van der Waals surface area contributed by atoms with Gasteiger partial charge in [0.05, 0.1) is 19.0 Å². The van der Waals surface area contributed by atoms with E-state index in [1.165, 1.54) is 6.42 Å². The lowest BCUT2D eigenvalue weighted by atomic mass is 10.0. The fourth-order valence-electron chi connectivity index (χ4n) is 1.26. The topological polar surface area (TPSA) is 29.5 Å². The fraction of sp³-hybridized carbons (Fsp3) is 0.636. The Hall–Kier alpha value is -0.760. The summed E-state index contributed by atoms with van der Waals surface area (Å²) in [7, 11) is 0. The summed E-state index contributed by atoms with van der Waals surface area (Å²) in [4.78, 5) is 0. The van der Waals surface area contributed by atoms with Gasteiger partial charge in [-0.05, 0) is 24.5 Å². The highest BCUT2D eigenvalue weighted by atomic mass is 16.5. The Labute approximate surface area is 79.9 Å². The smallest absolute Gasteiger partial charge is 0.0962 e. The molecule has 0 heterocycles. The van der Waals surface area contributed by atoms with E-state index in [9.17, 15) is 0 Å². The molecule has 0 aromatic carbocycles. The van der Waals surface area contributed by atoms with Crippen LogP contribution in [0.25, 0.3) is 0 Å². The van der Waals surface area contributed by atoms with Crippen LogP contribution in [0.4, 0.5) is 0 Å². The van der Waals surface area contributed by atoms with Gasteiger partial charge in [0.1, 0.15) is 0 Å². The van der Waals surface area contributed by atoms with Crippen LogP contribution in [0, 0.1) is 0 Å². The van der Waals surface area contributed by atoms with Gasteiger partial charge < -0.3 is 9.84 Å². The zero-order valence-corrected chi connectivity index (χ0v) is 8.25. The minimum Gasteiger partial charge on any atom is -0.498 e. The standard InChI is InChI=1S/C11H18O2/c1-2-3-8-13-11-6-4-10(9-12)5-7-11/h4,6,12H,2-3,5,7-9H2,1H3. The van der Waals surface area contributed by atoms with E-state index in [1.807, 2.05) is 12.2 Å². The van der Waals surface area contributed by atoms with Gasteiger partial charge in [0.15, 0.2) is 0 Å². The molecule has 0 fully saturated rings. The molecular weight excluding hydrogens is 164 g/mol. The van der Waals surface area contributed by atoms with Crippen LogP contribution in [-0.4, -0.2) is 18.3 Å². The van der Waals surface area contributed by atoms with E-state index in [1.54, 1.807) is 0 Å². The Bertz CT molecular complexity index is 204. The van der Waals surface area contributed by atoms with E-state index in [-0.39, 0.29) is 6.61 Å². The molecule has 0 bridgehead atoms. The molecule has 0 atom stereocenters. The van der Waals surface area contributed by atoms with Gasteiger partial charge in [0.25, 0.3) is 0 Å². The molecule has 0 aromatic rings. The van der Waals surface area contributed by atoms with Crippen molar-refractivity contribution < 1.29 is 9.84 Å². The van der Waals surface area contributed by atoms with E-state index in [4.69, 9.17) is 9.84 Å². The molecule has 13 heavy (non-hydrogen) atoms. The average Bonchev–Trinajstić information content (AvgIpc) is 2.19. The van der Waals surface area contributed by atoms with Crippen LogP contribution < -0.4 is 0 Å². The molecule has 1 aliphatic carbocycles. The Morgan fingerprint density at radius 3 is 2.77 bits per heavy atom. The summed E-state index contributed by atoms with van der Waals surface area (Å²) >= 11 is 0.